The van der Waals surface area contributed by atoms with E-state index in [0.29, 0.717) is 22.6 Å². The van der Waals surface area contributed by atoms with E-state index in [1.54, 1.807) is 49.8 Å². The Kier molecular flexibility index (Phi) is 7.40. The van der Waals surface area contributed by atoms with Crippen molar-refractivity contribution in [2.45, 2.75) is 24.0 Å². The van der Waals surface area contributed by atoms with Crippen LogP contribution in [0.15, 0.2) is 88.6 Å². The average molecular weight is 505 g/mol. The second kappa shape index (κ2) is 10.7. The Morgan fingerprint density at radius 1 is 0.917 bits per heavy atom. The van der Waals surface area contributed by atoms with Crippen LogP contribution in [0.25, 0.3) is 5.69 Å². The molecule has 0 saturated heterocycles. The number of nitrogens with zero attached hydrogens (tertiary/aromatic N) is 2. The van der Waals surface area contributed by atoms with Gasteiger partial charge in [0, 0.05) is 23.2 Å². The summed E-state index contributed by atoms with van der Waals surface area (Å²) in [7, 11) is 1.77. The fourth-order valence-corrected chi connectivity index (χ4v) is 4.48. The first-order valence-electron chi connectivity index (χ1n) is 11.2. The van der Waals surface area contributed by atoms with Crippen molar-refractivity contribution in [1.82, 2.24) is 9.36 Å². The van der Waals surface area contributed by atoms with Gasteiger partial charge in [-0.15, -0.1) is 11.8 Å². The van der Waals surface area contributed by atoms with Crippen LogP contribution >= 0.6 is 11.8 Å². The fourth-order valence-electron chi connectivity index (χ4n) is 3.62. The van der Waals surface area contributed by atoms with Crippen molar-refractivity contribution in [2.24, 2.45) is 7.05 Å². The summed E-state index contributed by atoms with van der Waals surface area (Å²) in [6, 6.07) is 21.6. The predicted molar refractivity (Wildman–Crippen MR) is 140 cm³/mol. The standard InChI is InChI=1S/C27H25FN4O3S/c1-17-24(27(35)32(31(17)3)22-7-5-4-6-8-22)30-25(33)18(2)36-23-15-13-21(14-16-23)29-26(34)19-9-11-20(28)12-10-19/h4-16,18H,1-3H3,(H,29,34)(H,30,33). The fraction of sp³-hybridized carbons (Fsp3) is 0.148. The van der Waals surface area contributed by atoms with E-state index in [1.807, 2.05) is 30.3 Å². The van der Waals surface area contributed by atoms with Gasteiger partial charge in [-0.25, -0.2) is 9.07 Å². The number of halogens is 1. The first-order valence-corrected chi connectivity index (χ1v) is 12.1. The van der Waals surface area contributed by atoms with Gasteiger partial charge >= 0.3 is 0 Å². The normalized spacial score (nSPS) is 11.7. The van der Waals surface area contributed by atoms with Crippen molar-refractivity contribution in [3.8, 4) is 5.69 Å². The highest BCUT2D eigenvalue weighted by atomic mass is 32.2. The number of carbonyl (C=O) groups is 2. The molecule has 0 aliphatic rings. The highest BCUT2D eigenvalue weighted by Crippen LogP contribution is 2.26. The molecule has 4 rings (SSSR count). The molecule has 0 saturated carbocycles. The number of hydrogen-bond acceptors (Lipinski definition) is 4. The Hall–Kier alpha value is -4.11. The van der Waals surface area contributed by atoms with Gasteiger partial charge in [-0.05, 0) is 74.5 Å². The minimum atomic E-state index is -0.478. The predicted octanol–water partition coefficient (Wildman–Crippen LogP) is 5.00. The molecule has 36 heavy (non-hydrogen) atoms. The van der Waals surface area contributed by atoms with Crippen molar-refractivity contribution < 1.29 is 14.0 Å². The Labute approximate surface area is 211 Å². The number of benzene rings is 3. The highest BCUT2D eigenvalue weighted by molar-refractivity contribution is 8.00. The third-order valence-electron chi connectivity index (χ3n) is 5.70. The maximum Gasteiger partial charge on any atom is 0.295 e. The zero-order valence-corrected chi connectivity index (χ0v) is 20.8. The lowest BCUT2D eigenvalue weighted by molar-refractivity contribution is -0.115. The van der Waals surface area contributed by atoms with E-state index in [1.165, 1.54) is 40.7 Å². The Balaban J connectivity index is 1.40. The second-order valence-electron chi connectivity index (χ2n) is 8.17. The van der Waals surface area contributed by atoms with Gasteiger partial charge in [0.15, 0.2) is 0 Å². The van der Waals surface area contributed by atoms with Crippen LogP contribution in [0.1, 0.15) is 23.0 Å². The number of thioether (sulfide) groups is 1. The lowest BCUT2D eigenvalue weighted by Gasteiger charge is -2.12. The summed E-state index contributed by atoms with van der Waals surface area (Å²) in [4.78, 5) is 39.1. The molecule has 2 N–H and O–H groups in total. The van der Waals surface area contributed by atoms with Gasteiger partial charge in [-0.3, -0.25) is 19.1 Å². The molecule has 0 fully saturated rings. The molecule has 1 atom stereocenters. The number of hydrogen-bond donors (Lipinski definition) is 2. The number of aromatic nitrogens is 2. The monoisotopic (exact) mass is 504 g/mol. The van der Waals surface area contributed by atoms with E-state index in [0.717, 1.165) is 4.90 Å². The summed E-state index contributed by atoms with van der Waals surface area (Å²) in [6.07, 6.45) is 0. The first kappa shape index (κ1) is 25.0. The van der Waals surface area contributed by atoms with Gasteiger partial charge in [0.1, 0.15) is 11.5 Å². The zero-order valence-electron chi connectivity index (χ0n) is 20.0. The molecule has 1 aromatic heterocycles. The Morgan fingerprint density at radius 2 is 1.56 bits per heavy atom. The van der Waals surface area contributed by atoms with Crippen LogP contribution in [-0.4, -0.2) is 26.4 Å². The molecule has 4 aromatic rings. The van der Waals surface area contributed by atoms with Gasteiger partial charge in [0.25, 0.3) is 11.5 Å². The van der Waals surface area contributed by atoms with Gasteiger partial charge in [0.2, 0.25) is 5.91 Å². The van der Waals surface area contributed by atoms with Gasteiger partial charge in [-0.1, -0.05) is 18.2 Å². The van der Waals surface area contributed by atoms with Crippen molar-refractivity contribution in [3.05, 3.63) is 106 Å². The number of carbonyl (C=O) groups excluding carboxylic acids is 2. The van der Waals surface area contributed by atoms with Crippen molar-refractivity contribution in [2.75, 3.05) is 10.6 Å². The molecule has 2 amide bonds. The van der Waals surface area contributed by atoms with E-state index >= 15 is 0 Å². The van der Waals surface area contributed by atoms with Crippen LogP contribution in [0, 0.1) is 12.7 Å². The molecule has 3 aromatic carbocycles. The number of para-hydroxylation sites is 1. The molecule has 1 unspecified atom stereocenters. The summed E-state index contributed by atoms with van der Waals surface area (Å²) < 4.78 is 16.3. The maximum atomic E-state index is 13.1. The van der Waals surface area contributed by atoms with Crippen LogP contribution in [0.5, 0.6) is 0 Å². The number of anilines is 2. The third-order valence-corrected chi connectivity index (χ3v) is 6.82. The first-order chi connectivity index (χ1) is 17.2. The number of amides is 2. The van der Waals surface area contributed by atoms with E-state index in [2.05, 4.69) is 10.6 Å². The molecular formula is C27H25FN4O3S. The van der Waals surface area contributed by atoms with E-state index in [9.17, 15) is 18.8 Å². The highest BCUT2D eigenvalue weighted by Gasteiger charge is 2.21. The van der Waals surface area contributed by atoms with Crippen LogP contribution in [-0.2, 0) is 11.8 Å². The average Bonchev–Trinajstić information content (AvgIpc) is 3.09. The molecule has 0 radical (unpaired) electrons. The van der Waals surface area contributed by atoms with E-state index < -0.39 is 11.1 Å². The smallest absolute Gasteiger partial charge is 0.295 e. The SMILES string of the molecule is Cc1c(NC(=O)C(C)Sc2ccc(NC(=O)c3ccc(F)cc3)cc2)c(=O)n(-c2ccccc2)n1C. The number of rotatable bonds is 7. The summed E-state index contributed by atoms with van der Waals surface area (Å²) in [6.45, 7) is 3.55. The largest absolute Gasteiger partial charge is 0.322 e. The summed E-state index contributed by atoms with van der Waals surface area (Å²) in [5, 5.41) is 5.07. The maximum absolute atomic E-state index is 13.1. The Bertz CT molecular complexity index is 1450. The van der Waals surface area contributed by atoms with E-state index in [4.69, 9.17) is 0 Å². The molecule has 7 nitrogen and oxygen atoms in total. The number of nitrogens with one attached hydrogen (secondary N) is 2. The van der Waals surface area contributed by atoms with Crippen LogP contribution in [0.3, 0.4) is 0 Å². The molecule has 1 heterocycles. The molecular weight excluding hydrogens is 479 g/mol. The van der Waals surface area contributed by atoms with E-state index in [-0.39, 0.29) is 23.1 Å². The molecule has 9 heteroatoms. The van der Waals surface area contributed by atoms with Gasteiger partial charge in [-0.2, -0.15) is 0 Å². The van der Waals surface area contributed by atoms with Gasteiger partial charge < -0.3 is 10.6 Å². The minimum Gasteiger partial charge on any atom is -0.322 e. The van der Waals surface area contributed by atoms with Crippen LogP contribution < -0.4 is 16.2 Å². The van der Waals surface area contributed by atoms with Crippen molar-refractivity contribution in [3.63, 3.8) is 0 Å². The molecule has 0 aliphatic heterocycles. The quantitative estimate of drug-likeness (QED) is 0.347. The Morgan fingerprint density at radius 3 is 2.19 bits per heavy atom. The molecule has 0 bridgehead atoms. The van der Waals surface area contributed by atoms with Crippen molar-refractivity contribution >= 4 is 35.0 Å². The lowest BCUT2D eigenvalue weighted by Crippen LogP contribution is -2.27. The van der Waals surface area contributed by atoms with Crippen molar-refractivity contribution in [1.29, 1.82) is 0 Å². The zero-order chi connectivity index (χ0) is 25.8. The second-order valence-corrected chi connectivity index (χ2v) is 9.59. The summed E-state index contributed by atoms with van der Waals surface area (Å²) in [5.74, 6) is -1.04. The van der Waals surface area contributed by atoms with Gasteiger partial charge in [0.05, 0.1) is 16.6 Å². The van der Waals surface area contributed by atoms with Crippen LogP contribution in [0.4, 0.5) is 15.8 Å². The summed E-state index contributed by atoms with van der Waals surface area (Å²) >= 11 is 1.33. The third kappa shape index (κ3) is 5.41. The lowest BCUT2D eigenvalue weighted by atomic mass is 10.2. The minimum absolute atomic E-state index is 0.248. The summed E-state index contributed by atoms with van der Waals surface area (Å²) in [5.41, 5.74) is 2.23. The van der Waals surface area contributed by atoms with Crippen LogP contribution in [0.2, 0.25) is 0 Å². The molecule has 184 valence electrons. The molecule has 0 spiro atoms. The topological polar surface area (TPSA) is 85.1 Å². The molecule has 0 aliphatic carbocycles.